The molecule has 0 saturated heterocycles. The lowest BCUT2D eigenvalue weighted by molar-refractivity contribution is 0.00227. The molecule has 0 saturated carbocycles. The lowest BCUT2D eigenvalue weighted by Crippen LogP contribution is -2.38. The number of carbonyl (C=O) groups excluding carboxylic acids is 1. The van der Waals surface area contributed by atoms with E-state index in [0.717, 1.165) is 11.1 Å². The van der Waals surface area contributed by atoms with Gasteiger partial charge in [0.05, 0.1) is 47.8 Å². The summed E-state index contributed by atoms with van der Waals surface area (Å²) in [7, 11) is 0. The Morgan fingerprint density at radius 3 is 2.76 bits per heavy atom. The van der Waals surface area contributed by atoms with Crippen molar-refractivity contribution in [3.8, 4) is 17.1 Å². The predicted molar refractivity (Wildman–Crippen MR) is 141 cm³/mol. The maximum atomic E-state index is 13.6. The zero-order chi connectivity index (χ0) is 26.0. The van der Waals surface area contributed by atoms with Crippen molar-refractivity contribution in [2.75, 3.05) is 13.3 Å². The minimum Gasteiger partial charge on any atom is -0.472 e. The number of fused-ring (bicyclic) bond motifs is 7. The van der Waals surface area contributed by atoms with Crippen molar-refractivity contribution in [3.63, 3.8) is 0 Å². The molecule has 1 atom stereocenters. The van der Waals surface area contributed by atoms with Crippen LogP contribution in [-0.4, -0.2) is 38.8 Å². The van der Waals surface area contributed by atoms with Crippen LogP contribution in [0.4, 0.5) is 0 Å². The van der Waals surface area contributed by atoms with Crippen LogP contribution in [0.1, 0.15) is 52.4 Å². The van der Waals surface area contributed by atoms with Gasteiger partial charge in [0.15, 0.2) is 6.73 Å². The Bertz CT molecular complexity index is 1680. The quantitative estimate of drug-likeness (QED) is 0.396. The minimum absolute atomic E-state index is 0.105. The molecule has 4 aromatic rings. The summed E-state index contributed by atoms with van der Waals surface area (Å²) in [6, 6.07) is 17.3. The van der Waals surface area contributed by atoms with Crippen molar-refractivity contribution in [1.29, 1.82) is 0 Å². The van der Waals surface area contributed by atoms with Crippen LogP contribution in [0.25, 0.3) is 22.3 Å². The average molecular weight is 510 g/mol. The zero-order valence-electron chi connectivity index (χ0n) is 21.1. The third-order valence-electron chi connectivity index (χ3n) is 8.10. The van der Waals surface area contributed by atoms with Crippen LogP contribution < -0.4 is 10.3 Å². The highest BCUT2D eigenvalue weighted by molar-refractivity contribution is 6.09. The summed E-state index contributed by atoms with van der Waals surface area (Å²) >= 11 is 0. The molecule has 0 fully saturated rings. The zero-order valence-corrected chi connectivity index (χ0v) is 21.1. The summed E-state index contributed by atoms with van der Waals surface area (Å²) in [4.78, 5) is 33.9. The van der Waals surface area contributed by atoms with Gasteiger partial charge in [0, 0.05) is 29.5 Å². The van der Waals surface area contributed by atoms with Gasteiger partial charge in [-0.15, -0.1) is 0 Å². The number of aromatic nitrogens is 2. The van der Waals surface area contributed by atoms with E-state index in [0.29, 0.717) is 77.3 Å². The topological polar surface area (TPSA) is 93.9 Å². The fraction of sp³-hybridized carbons (Fsp3) is 0.300. The molecule has 8 nitrogen and oxygen atoms in total. The molecular weight excluding hydrogens is 482 g/mol. The van der Waals surface area contributed by atoms with Gasteiger partial charge in [0.1, 0.15) is 5.75 Å². The Balaban J connectivity index is 1.34. The molecule has 2 aromatic carbocycles. The summed E-state index contributed by atoms with van der Waals surface area (Å²) in [5, 5.41) is 12.1. The predicted octanol–water partition coefficient (Wildman–Crippen LogP) is 3.94. The summed E-state index contributed by atoms with van der Waals surface area (Å²) < 4.78 is 13.4. The smallest absolute Gasteiger partial charge is 0.261 e. The van der Waals surface area contributed by atoms with Crippen LogP contribution in [-0.2, 0) is 30.0 Å². The molecule has 0 bridgehead atoms. The highest BCUT2D eigenvalue weighted by Gasteiger charge is 2.37. The average Bonchev–Trinajstić information content (AvgIpc) is 3.20. The summed E-state index contributed by atoms with van der Waals surface area (Å²) in [5.41, 5.74) is 4.28. The van der Waals surface area contributed by atoms with Crippen molar-refractivity contribution in [1.82, 2.24) is 14.5 Å². The van der Waals surface area contributed by atoms with Crippen LogP contribution >= 0.6 is 0 Å². The van der Waals surface area contributed by atoms with E-state index in [1.54, 1.807) is 15.5 Å². The number of aliphatic hydroxyl groups is 1. The monoisotopic (exact) mass is 509 g/mol. The third kappa shape index (κ3) is 3.40. The van der Waals surface area contributed by atoms with Gasteiger partial charge in [-0.3, -0.25) is 9.59 Å². The van der Waals surface area contributed by atoms with Crippen LogP contribution in [0, 0.1) is 0 Å². The van der Waals surface area contributed by atoms with Gasteiger partial charge in [-0.05, 0) is 41.8 Å². The van der Waals surface area contributed by atoms with Gasteiger partial charge in [0.2, 0.25) is 0 Å². The highest BCUT2D eigenvalue weighted by Crippen LogP contribution is 2.40. The second kappa shape index (κ2) is 8.51. The van der Waals surface area contributed by atoms with E-state index in [2.05, 4.69) is 0 Å². The first kappa shape index (κ1) is 23.1. The molecule has 3 aliphatic rings. The molecule has 1 unspecified atom stereocenters. The van der Waals surface area contributed by atoms with Crippen molar-refractivity contribution >= 4 is 16.8 Å². The standard InChI is InChI=1S/C30H27N3O5/c1-2-30(36)10-11-37-16-21-22(30)13-24-27-19(15-33(24)28(21)34)12-20-23(31-27)8-9-25-26(20)29(35)32(17-38-25)14-18-6-4-3-5-7-18/h3-9,12-13,36H,2,10-11,14-17H2,1H3. The van der Waals surface area contributed by atoms with E-state index in [4.69, 9.17) is 14.5 Å². The Kier molecular flexibility index (Phi) is 5.18. The van der Waals surface area contributed by atoms with Gasteiger partial charge < -0.3 is 24.0 Å². The molecule has 1 N–H and O–H groups in total. The number of nitrogens with zero attached hydrogens (tertiary/aromatic N) is 3. The minimum atomic E-state index is -1.12. The summed E-state index contributed by atoms with van der Waals surface area (Å²) in [5.74, 6) is 0.435. The number of hydrogen-bond acceptors (Lipinski definition) is 6. The Labute approximate surface area is 219 Å². The van der Waals surface area contributed by atoms with Gasteiger partial charge in [-0.2, -0.15) is 0 Å². The maximum Gasteiger partial charge on any atom is 0.261 e. The molecule has 0 aliphatic carbocycles. The molecule has 0 radical (unpaired) electrons. The molecule has 0 spiro atoms. The number of amides is 1. The first-order valence-electron chi connectivity index (χ1n) is 13.0. The molecule has 192 valence electrons. The van der Waals surface area contributed by atoms with Crippen molar-refractivity contribution in [2.45, 2.75) is 45.1 Å². The van der Waals surface area contributed by atoms with Gasteiger partial charge >= 0.3 is 0 Å². The SMILES string of the molecule is CCC1(O)CCOCc2c1cc1n(c2=O)Cc2cc3c4c(ccc3nc2-1)OCN(Cc1ccccc1)C4=O. The first-order valence-corrected chi connectivity index (χ1v) is 13.0. The van der Waals surface area contributed by atoms with E-state index in [9.17, 15) is 14.7 Å². The Hall–Kier alpha value is -4.01. The number of hydrogen-bond donors (Lipinski definition) is 1. The normalized spacial score (nSPS) is 19.8. The van der Waals surface area contributed by atoms with Crippen molar-refractivity contribution in [3.05, 3.63) is 92.8 Å². The summed E-state index contributed by atoms with van der Waals surface area (Å²) in [6.07, 6.45) is 0.920. The second-order valence-corrected chi connectivity index (χ2v) is 10.3. The summed E-state index contributed by atoms with van der Waals surface area (Å²) in [6.45, 7) is 3.47. The molecule has 8 heteroatoms. The fourth-order valence-corrected chi connectivity index (χ4v) is 5.92. The van der Waals surface area contributed by atoms with E-state index < -0.39 is 5.60 Å². The molecule has 2 aromatic heterocycles. The van der Waals surface area contributed by atoms with E-state index >= 15 is 0 Å². The number of rotatable bonds is 3. The fourth-order valence-electron chi connectivity index (χ4n) is 5.92. The molecular formula is C30H27N3O5. The van der Waals surface area contributed by atoms with E-state index in [1.165, 1.54) is 0 Å². The van der Waals surface area contributed by atoms with Gasteiger partial charge in [-0.25, -0.2) is 4.98 Å². The molecule has 5 heterocycles. The van der Waals surface area contributed by atoms with E-state index in [1.807, 2.05) is 55.5 Å². The van der Waals surface area contributed by atoms with Crippen molar-refractivity contribution < 1.29 is 19.4 Å². The van der Waals surface area contributed by atoms with Gasteiger partial charge in [-0.1, -0.05) is 37.3 Å². The van der Waals surface area contributed by atoms with Crippen molar-refractivity contribution in [2.24, 2.45) is 0 Å². The maximum absolute atomic E-state index is 13.6. The van der Waals surface area contributed by atoms with E-state index in [-0.39, 0.29) is 24.8 Å². The molecule has 3 aliphatic heterocycles. The molecule has 38 heavy (non-hydrogen) atoms. The second-order valence-electron chi connectivity index (χ2n) is 10.3. The van der Waals surface area contributed by atoms with Crippen LogP contribution in [0.3, 0.4) is 0 Å². The number of ether oxygens (including phenoxy) is 2. The number of carbonyl (C=O) groups is 1. The Morgan fingerprint density at radius 1 is 1.11 bits per heavy atom. The first-order chi connectivity index (χ1) is 18.5. The molecule has 7 rings (SSSR count). The largest absolute Gasteiger partial charge is 0.472 e. The molecule has 1 amide bonds. The highest BCUT2D eigenvalue weighted by atomic mass is 16.5. The van der Waals surface area contributed by atoms with Crippen LogP contribution in [0.2, 0.25) is 0 Å². The van der Waals surface area contributed by atoms with Crippen LogP contribution in [0.15, 0.2) is 59.4 Å². The van der Waals surface area contributed by atoms with Crippen LogP contribution in [0.5, 0.6) is 5.75 Å². The number of benzene rings is 2. The number of pyridine rings is 2. The van der Waals surface area contributed by atoms with Gasteiger partial charge in [0.25, 0.3) is 11.5 Å². The lowest BCUT2D eigenvalue weighted by atomic mass is 9.86. The third-order valence-corrected chi connectivity index (χ3v) is 8.10. The lowest BCUT2D eigenvalue weighted by Gasteiger charge is -2.29. The Morgan fingerprint density at radius 2 is 1.95 bits per heavy atom.